The number of aliphatic carboxylic acids is 1. The molecular formula is C10H17N3O2. The Bertz CT molecular complexity index is 322. The third kappa shape index (κ3) is 4.12. The van der Waals surface area contributed by atoms with Crippen LogP contribution in [0.15, 0.2) is 12.4 Å². The fourth-order valence-electron chi connectivity index (χ4n) is 1.43. The number of carboxylic acids is 1. The van der Waals surface area contributed by atoms with Crippen LogP contribution < -0.4 is 0 Å². The van der Waals surface area contributed by atoms with E-state index in [4.69, 9.17) is 5.11 Å². The van der Waals surface area contributed by atoms with E-state index in [0.717, 1.165) is 25.1 Å². The van der Waals surface area contributed by atoms with Gasteiger partial charge in [0, 0.05) is 19.8 Å². The van der Waals surface area contributed by atoms with Gasteiger partial charge in [-0.25, -0.2) is 0 Å². The minimum atomic E-state index is -0.775. The topological polar surface area (TPSA) is 58.4 Å². The zero-order chi connectivity index (χ0) is 11.3. The lowest BCUT2D eigenvalue weighted by Gasteiger charge is -2.16. The Balaban J connectivity index is 2.37. The zero-order valence-corrected chi connectivity index (χ0v) is 9.18. The number of hydrogen-bond donors (Lipinski definition) is 1. The maximum Gasteiger partial charge on any atom is 0.317 e. The van der Waals surface area contributed by atoms with Crippen LogP contribution in [0.5, 0.6) is 0 Å². The molecule has 15 heavy (non-hydrogen) atoms. The Morgan fingerprint density at radius 1 is 1.67 bits per heavy atom. The van der Waals surface area contributed by atoms with Crippen molar-refractivity contribution >= 4 is 5.97 Å². The number of aryl methyl sites for hydroxylation is 1. The van der Waals surface area contributed by atoms with E-state index in [1.807, 2.05) is 31.3 Å². The first-order chi connectivity index (χ1) is 7.11. The molecule has 1 rings (SSSR count). The molecule has 0 saturated heterocycles. The molecule has 0 bridgehead atoms. The van der Waals surface area contributed by atoms with Crippen LogP contribution in [-0.2, 0) is 18.3 Å². The van der Waals surface area contributed by atoms with Gasteiger partial charge in [0.25, 0.3) is 0 Å². The molecular weight excluding hydrogens is 194 g/mol. The van der Waals surface area contributed by atoms with Gasteiger partial charge in [0.05, 0.1) is 12.7 Å². The van der Waals surface area contributed by atoms with Gasteiger partial charge in [-0.15, -0.1) is 0 Å². The van der Waals surface area contributed by atoms with E-state index in [1.54, 1.807) is 4.68 Å². The maximum absolute atomic E-state index is 10.5. The van der Waals surface area contributed by atoms with Gasteiger partial charge in [0.1, 0.15) is 0 Å². The quantitative estimate of drug-likeness (QED) is 0.738. The second kappa shape index (κ2) is 5.50. The summed E-state index contributed by atoms with van der Waals surface area (Å²) in [5, 5.41) is 12.7. The second-order valence-corrected chi connectivity index (χ2v) is 3.53. The largest absolute Gasteiger partial charge is 0.480 e. The molecule has 0 fully saturated rings. The highest BCUT2D eigenvalue weighted by Crippen LogP contribution is 1.99. The summed E-state index contributed by atoms with van der Waals surface area (Å²) >= 11 is 0. The van der Waals surface area contributed by atoms with Gasteiger partial charge >= 0.3 is 5.97 Å². The SMILES string of the molecule is CCN(CCc1cnn(C)c1)CC(=O)O. The minimum absolute atomic E-state index is 0.108. The Kier molecular flexibility index (Phi) is 4.30. The van der Waals surface area contributed by atoms with Crippen LogP contribution in [0.1, 0.15) is 12.5 Å². The van der Waals surface area contributed by atoms with Crippen molar-refractivity contribution in [3.8, 4) is 0 Å². The van der Waals surface area contributed by atoms with E-state index in [2.05, 4.69) is 5.10 Å². The maximum atomic E-state index is 10.5. The first-order valence-electron chi connectivity index (χ1n) is 5.03. The fourth-order valence-corrected chi connectivity index (χ4v) is 1.43. The van der Waals surface area contributed by atoms with E-state index < -0.39 is 5.97 Å². The zero-order valence-electron chi connectivity index (χ0n) is 9.18. The average Bonchev–Trinajstić information content (AvgIpc) is 2.58. The van der Waals surface area contributed by atoms with Gasteiger partial charge < -0.3 is 5.11 Å². The molecule has 0 saturated carbocycles. The number of hydrogen-bond acceptors (Lipinski definition) is 3. The van der Waals surface area contributed by atoms with E-state index in [0.29, 0.717) is 0 Å². The van der Waals surface area contributed by atoms with Crippen molar-refractivity contribution in [2.45, 2.75) is 13.3 Å². The molecule has 0 amide bonds. The van der Waals surface area contributed by atoms with Gasteiger partial charge in [-0.1, -0.05) is 6.92 Å². The van der Waals surface area contributed by atoms with Crippen molar-refractivity contribution in [1.29, 1.82) is 0 Å². The molecule has 5 nitrogen and oxygen atoms in total. The molecule has 1 aromatic rings. The monoisotopic (exact) mass is 211 g/mol. The molecule has 0 aliphatic rings. The summed E-state index contributed by atoms with van der Waals surface area (Å²) in [4.78, 5) is 12.4. The molecule has 0 unspecified atom stereocenters. The lowest BCUT2D eigenvalue weighted by atomic mass is 10.2. The Morgan fingerprint density at radius 2 is 2.40 bits per heavy atom. The third-order valence-electron chi connectivity index (χ3n) is 2.28. The Labute approximate surface area is 89.3 Å². The van der Waals surface area contributed by atoms with E-state index >= 15 is 0 Å². The molecule has 0 atom stereocenters. The number of likely N-dealkylation sites (N-methyl/N-ethyl adjacent to an activating group) is 1. The van der Waals surface area contributed by atoms with Crippen molar-refractivity contribution in [2.24, 2.45) is 7.05 Å². The van der Waals surface area contributed by atoms with Crippen LogP contribution in [0.4, 0.5) is 0 Å². The van der Waals surface area contributed by atoms with Gasteiger partial charge in [-0.3, -0.25) is 14.4 Å². The van der Waals surface area contributed by atoms with Crippen molar-refractivity contribution in [3.63, 3.8) is 0 Å². The normalized spacial score (nSPS) is 10.9. The summed E-state index contributed by atoms with van der Waals surface area (Å²) in [7, 11) is 1.87. The minimum Gasteiger partial charge on any atom is -0.480 e. The Morgan fingerprint density at radius 3 is 2.87 bits per heavy atom. The molecule has 1 heterocycles. The van der Waals surface area contributed by atoms with Crippen LogP contribution >= 0.6 is 0 Å². The highest BCUT2D eigenvalue weighted by Gasteiger charge is 2.07. The predicted molar refractivity (Wildman–Crippen MR) is 56.7 cm³/mol. The van der Waals surface area contributed by atoms with Crippen molar-refractivity contribution in [1.82, 2.24) is 14.7 Å². The number of nitrogens with zero attached hydrogens (tertiary/aromatic N) is 3. The number of rotatable bonds is 6. The van der Waals surface area contributed by atoms with Crippen LogP contribution in [-0.4, -0.2) is 45.4 Å². The second-order valence-electron chi connectivity index (χ2n) is 3.53. The number of carboxylic acid groups (broad SMARTS) is 1. The van der Waals surface area contributed by atoms with E-state index in [9.17, 15) is 4.79 Å². The van der Waals surface area contributed by atoms with Gasteiger partial charge in [0.2, 0.25) is 0 Å². The molecule has 0 aliphatic heterocycles. The van der Waals surface area contributed by atoms with E-state index in [-0.39, 0.29) is 6.54 Å². The first kappa shape index (κ1) is 11.7. The van der Waals surface area contributed by atoms with Gasteiger partial charge in [0.15, 0.2) is 0 Å². The summed E-state index contributed by atoms with van der Waals surface area (Å²) in [5.74, 6) is -0.775. The van der Waals surface area contributed by atoms with Crippen molar-refractivity contribution in [2.75, 3.05) is 19.6 Å². The number of aromatic nitrogens is 2. The lowest BCUT2D eigenvalue weighted by Crippen LogP contribution is -2.31. The summed E-state index contributed by atoms with van der Waals surface area (Å²) in [5.41, 5.74) is 1.14. The molecule has 84 valence electrons. The molecule has 0 radical (unpaired) electrons. The van der Waals surface area contributed by atoms with Crippen LogP contribution in [0, 0.1) is 0 Å². The number of carbonyl (C=O) groups is 1. The third-order valence-corrected chi connectivity index (χ3v) is 2.28. The molecule has 0 aliphatic carbocycles. The molecule has 0 aromatic carbocycles. The van der Waals surface area contributed by atoms with Gasteiger partial charge in [-0.2, -0.15) is 5.10 Å². The summed E-state index contributed by atoms with van der Waals surface area (Å²) < 4.78 is 1.75. The van der Waals surface area contributed by atoms with Crippen LogP contribution in [0.2, 0.25) is 0 Å². The standard InChI is InChI=1S/C10H17N3O2/c1-3-13(8-10(14)15)5-4-9-6-11-12(2)7-9/h6-7H,3-5,8H2,1-2H3,(H,14,15). The molecule has 0 spiro atoms. The summed E-state index contributed by atoms with van der Waals surface area (Å²) in [6.45, 7) is 3.59. The smallest absolute Gasteiger partial charge is 0.317 e. The highest BCUT2D eigenvalue weighted by molar-refractivity contribution is 5.69. The highest BCUT2D eigenvalue weighted by atomic mass is 16.4. The Hall–Kier alpha value is -1.36. The predicted octanol–water partition coefficient (Wildman–Crippen LogP) is 0.369. The molecule has 5 heteroatoms. The van der Waals surface area contributed by atoms with Crippen molar-refractivity contribution in [3.05, 3.63) is 18.0 Å². The summed E-state index contributed by atoms with van der Waals surface area (Å²) in [6, 6.07) is 0. The average molecular weight is 211 g/mol. The lowest BCUT2D eigenvalue weighted by molar-refractivity contribution is -0.138. The van der Waals surface area contributed by atoms with E-state index in [1.165, 1.54) is 0 Å². The van der Waals surface area contributed by atoms with Crippen molar-refractivity contribution < 1.29 is 9.90 Å². The summed E-state index contributed by atoms with van der Waals surface area (Å²) in [6.07, 6.45) is 4.61. The molecule has 1 aromatic heterocycles. The first-order valence-corrected chi connectivity index (χ1v) is 5.03. The van der Waals surface area contributed by atoms with Crippen LogP contribution in [0.3, 0.4) is 0 Å². The van der Waals surface area contributed by atoms with Gasteiger partial charge in [-0.05, 0) is 18.5 Å². The van der Waals surface area contributed by atoms with Crippen LogP contribution in [0.25, 0.3) is 0 Å². The molecule has 1 N–H and O–H groups in total. The fraction of sp³-hybridized carbons (Fsp3) is 0.600.